The second-order valence-electron chi connectivity index (χ2n) is 8.62. The summed E-state index contributed by atoms with van der Waals surface area (Å²) in [7, 11) is 0. The fourth-order valence-electron chi connectivity index (χ4n) is 4.27. The molecule has 8 heteroatoms. The summed E-state index contributed by atoms with van der Waals surface area (Å²) in [5.41, 5.74) is 0.763. The normalized spacial score (nSPS) is 14.1. The second-order valence-corrected chi connectivity index (χ2v) is 9.65. The van der Waals surface area contributed by atoms with Gasteiger partial charge < -0.3 is 10.2 Å². The van der Waals surface area contributed by atoms with E-state index in [1.54, 1.807) is 40.5 Å². The van der Waals surface area contributed by atoms with Crippen LogP contribution in [0.4, 0.5) is 14.5 Å². The third-order valence-corrected chi connectivity index (χ3v) is 7.08. The van der Waals surface area contributed by atoms with Crippen LogP contribution < -0.4 is 5.32 Å². The fourth-order valence-corrected chi connectivity index (χ4v) is 5.02. The van der Waals surface area contributed by atoms with E-state index >= 15 is 0 Å². The van der Waals surface area contributed by atoms with Gasteiger partial charge in [0.15, 0.2) is 5.78 Å². The first-order valence-corrected chi connectivity index (χ1v) is 12.5. The number of piperidine rings is 1. The number of hydrogen-bond acceptors (Lipinski definition) is 4. The van der Waals surface area contributed by atoms with Crippen LogP contribution in [0, 0.1) is 17.6 Å². The number of aryl methyl sites for hydroxylation is 1. The number of hydrogen-bond donors (Lipinski definition) is 1. The van der Waals surface area contributed by atoms with E-state index in [0.29, 0.717) is 43.6 Å². The number of carbonyl (C=O) groups excluding carboxylic acids is 3. The SMILES string of the molecule is O=C(CCCc1cccs1)Nc1cccc(C(=O)N2CCC(C(=O)c3cc(F)ccc3F)CC2)c1. The highest BCUT2D eigenvalue weighted by Gasteiger charge is 2.30. The summed E-state index contributed by atoms with van der Waals surface area (Å²) < 4.78 is 27.4. The molecule has 1 aromatic heterocycles. The van der Waals surface area contributed by atoms with Gasteiger partial charge in [-0.3, -0.25) is 14.4 Å². The molecule has 3 aromatic rings. The molecule has 0 bridgehead atoms. The number of nitrogens with one attached hydrogen (secondary N) is 1. The Morgan fingerprint density at radius 3 is 2.54 bits per heavy atom. The molecule has 0 saturated carbocycles. The minimum Gasteiger partial charge on any atom is -0.339 e. The van der Waals surface area contributed by atoms with Gasteiger partial charge in [0, 0.05) is 41.6 Å². The van der Waals surface area contributed by atoms with E-state index in [1.165, 1.54) is 4.88 Å². The Balaban J connectivity index is 1.29. The molecule has 0 radical (unpaired) electrons. The number of ketones is 1. The number of Topliss-reactive ketones (excluding diaryl/α,β-unsaturated/α-hetero) is 1. The van der Waals surface area contributed by atoms with Gasteiger partial charge in [0.05, 0.1) is 5.56 Å². The zero-order valence-corrected chi connectivity index (χ0v) is 20.0. The Hall–Kier alpha value is -3.39. The highest BCUT2D eigenvalue weighted by atomic mass is 32.1. The summed E-state index contributed by atoms with van der Waals surface area (Å²) in [5, 5.41) is 4.87. The number of halogens is 2. The van der Waals surface area contributed by atoms with E-state index in [4.69, 9.17) is 0 Å². The lowest BCUT2D eigenvalue weighted by atomic mass is 9.88. The highest BCUT2D eigenvalue weighted by Crippen LogP contribution is 2.25. The maximum atomic E-state index is 14.0. The Kier molecular flexibility index (Phi) is 8.02. The molecular weight excluding hydrogens is 470 g/mol. The van der Waals surface area contributed by atoms with Crippen molar-refractivity contribution >= 4 is 34.6 Å². The molecule has 2 aromatic carbocycles. The van der Waals surface area contributed by atoms with Gasteiger partial charge in [-0.1, -0.05) is 12.1 Å². The molecule has 0 atom stereocenters. The molecule has 5 nitrogen and oxygen atoms in total. The number of carbonyl (C=O) groups is 3. The van der Waals surface area contributed by atoms with E-state index in [9.17, 15) is 23.2 Å². The summed E-state index contributed by atoms with van der Waals surface area (Å²) in [4.78, 5) is 40.9. The Morgan fingerprint density at radius 2 is 1.80 bits per heavy atom. The average molecular weight is 497 g/mol. The standard InChI is InChI=1S/C27H26F2N2O3S/c28-20-9-10-24(29)23(17-20)26(33)18-11-13-31(14-12-18)27(34)19-4-1-5-21(16-19)30-25(32)8-2-6-22-7-3-15-35-22/h1,3-5,7,9-10,15-18H,2,6,8,11-14H2,(H,30,32). The van der Waals surface area contributed by atoms with E-state index in [0.717, 1.165) is 31.0 Å². The molecule has 2 amide bonds. The van der Waals surface area contributed by atoms with E-state index in [-0.39, 0.29) is 17.4 Å². The van der Waals surface area contributed by atoms with Crippen LogP contribution in [0.5, 0.6) is 0 Å². The lowest BCUT2D eigenvalue weighted by Gasteiger charge is -2.31. The molecule has 0 unspecified atom stereocenters. The number of nitrogens with zero attached hydrogens (tertiary/aromatic N) is 1. The quantitative estimate of drug-likeness (QED) is 0.406. The summed E-state index contributed by atoms with van der Waals surface area (Å²) in [5.74, 6) is -2.58. The molecule has 1 saturated heterocycles. The van der Waals surface area contributed by atoms with Gasteiger partial charge in [0.1, 0.15) is 11.6 Å². The molecule has 1 fully saturated rings. The number of amides is 2. The van der Waals surface area contributed by atoms with Crippen LogP contribution in [0.15, 0.2) is 60.0 Å². The van der Waals surface area contributed by atoms with Gasteiger partial charge in [0.25, 0.3) is 5.91 Å². The smallest absolute Gasteiger partial charge is 0.253 e. The first-order valence-electron chi connectivity index (χ1n) is 11.6. The molecule has 1 aliphatic rings. The van der Waals surface area contributed by atoms with Gasteiger partial charge in [0.2, 0.25) is 5.91 Å². The summed E-state index contributed by atoms with van der Waals surface area (Å²) in [6.07, 6.45) is 2.75. The van der Waals surface area contributed by atoms with Crippen LogP contribution in [0.3, 0.4) is 0 Å². The van der Waals surface area contributed by atoms with Crippen molar-refractivity contribution in [2.45, 2.75) is 32.1 Å². The predicted molar refractivity (Wildman–Crippen MR) is 132 cm³/mol. The van der Waals surface area contributed by atoms with Gasteiger partial charge in [-0.2, -0.15) is 0 Å². The van der Waals surface area contributed by atoms with E-state index in [2.05, 4.69) is 11.4 Å². The molecule has 4 rings (SSSR count). The van der Waals surface area contributed by atoms with Crippen molar-refractivity contribution in [3.63, 3.8) is 0 Å². The monoisotopic (exact) mass is 496 g/mol. The van der Waals surface area contributed by atoms with Gasteiger partial charge in [-0.15, -0.1) is 11.3 Å². The van der Waals surface area contributed by atoms with E-state index < -0.39 is 23.3 Å². The second kappa shape index (κ2) is 11.4. The molecule has 0 aliphatic carbocycles. The van der Waals surface area contributed by atoms with Gasteiger partial charge in [-0.25, -0.2) is 8.78 Å². The van der Waals surface area contributed by atoms with Crippen LogP contribution in [-0.4, -0.2) is 35.6 Å². The molecule has 35 heavy (non-hydrogen) atoms. The maximum absolute atomic E-state index is 14.0. The van der Waals surface area contributed by atoms with Gasteiger partial charge >= 0.3 is 0 Å². The van der Waals surface area contributed by atoms with Crippen molar-refractivity contribution in [1.82, 2.24) is 4.90 Å². The topological polar surface area (TPSA) is 66.5 Å². The van der Waals surface area contributed by atoms with Gasteiger partial charge in [-0.05, 0) is 73.5 Å². The predicted octanol–water partition coefficient (Wildman–Crippen LogP) is 5.72. The van der Waals surface area contributed by atoms with Crippen LogP contribution in [-0.2, 0) is 11.2 Å². The first kappa shape index (κ1) is 24.7. The molecular formula is C27H26F2N2O3S. The third kappa shape index (κ3) is 6.39. The van der Waals surface area contributed by atoms with Crippen molar-refractivity contribution in [2.24, 2.45) is 5.92 Å². The van der Waals surface area contributed by atoms with E-state index in [1.807, 2.05) is 11.4 Å². The lowest BCUT2D eigenvalue weighted by molar-refractivity contribution is -0.116. The van der Waals surface area contributed by atoms with Crippen LogP contribution in [0.1, 0.15) is 51.3 Å². The summed E-state index contributed by atoms with van der Waals surface area (Å²) >= 11 is 1.67. The van der Waals surface area contributed by atoms with Crippen molar-refractivity contribution in [3.8, 4) is 0 Å². The Morgan fingerprint density at radius 1 is 1.00 bits per heavy atom. The summed E-state index contributed by atoms with van der Waals surface area (Å²) in [6.45, 7) is 0.678. The lowest BCUT2D eigenvalue weighted by Crippen LogP contribution is -2.40. The zero-order chi connectivity index (χ0) is 24.8. The molecule has 2 heterocycles. The van der Waals surface area contributed by atoms with Crippen LogP contribution in [0.25, 0.3) is 0 Å². The average Bonchev–Trinajstić information content (AvgIpc) is 3.38. The van der Waals surface area contributed by atoms with Crippen molar-refractivity contribution in [1.29, 1.82) is 0 Å². The highest BCUT2D eigenvalue weighted by molar-refractivity contribution is 7.09. The number of likely N-dealkylation sites (tertiary alicyclic amines) is 1. The molecule has 0 spiro atoms. The zero-order valence-electron chi connectivity index (χ0n) is 19.1. The number of anilines is 1. The summed E-state index contributed by atoms with van der Waals surface area (Å²) in [6, 6.07) is 13.7. The molecule has 1 N–H and O–H groups in total. The third-order valence-electron chi connectivity index (χ3n) is 6.15. The number of thiophene rings is 1. The molecule has 182 valence electrons. The number of benzene rings is 2. The minimum atomic E-state index is -0.736. The van der Waals surface area contributed by atoms with Crippen molar-refractivity contribution in [3.05, 3.63) is 87.6 Å². The van der Waals surface area contributed by atoms with Crippen LogP contribution in [0.2, 0.25) is 0 Å². The Bertz CT molecular complexity index is 1200. The van der Waals surface area contributed by atoms with Crippen molar-refractivity contribution in [2.75, 3.05) is 18.4 Å². The van der Waals surface area contributed by atoms with Crippen LogP contribution >= 0.6 is 11.3 Å². The molecule has 1 aliphatic heterocycles. The first-order chi connectivity index (χ1) is 16.9. The Labute approximate surface area is 206 Å². The maximum Gasteiger partial charge on any atom is 0.253 e. The fraction of sp³-hybridized carbons (Fsp3) is 0.296. The minimum absolute atomic E-state index is 0.102. The number of rotatable bonds is 8. The van der Waals surface area contributed by atoms with Crippen molar-refractivity contribution < 1.29 is 23.2 Å². The largest absolute Gasteiger partial charge is 0.339 e.